The van der Waals surface area contributed by atoms with Crippen LogP contribution in [0.3, 0.4) is 0 Å². The first-order chi connectivity index (χ1) is 9.27. The maximum atomic E-state index is 10.9. The Morgan fingerprint density at radius 1 is 0.950 bits per heavy atom. The first-order valence-electron chi connectivity index (χ1n) is 5.37. The van der Waals surface area contributed by atoms with Gasteiger partial charge in [0.15, 0.2) is 0 Å². The van der Waals surface area contributed by atoms with Gasteiger partial charge in [-0.05, 0) is 0 Å². The number of hydrogen-bond donors (Lipinski definition) is 2. The van der Waals surface area contributed by atoms with Crippen LogP contribution in [0.25, 0.3) is 0 Å². The number of fused-ring (bicyclic) bond motifs is 1. The summed E-state index contributed by atoms with van der Waals surface area (Å²) in [7, 11) is 0. The summed E-state index contributed by atoms with van der Waals surface area (Å²) in [4.78, 5) is 20.3. The molecule has 0 saturated carbocycles. The van der Waals surface area contributed by atoms with Gasteiger partial charge >= 0.3 is 0 Å². The SMILES string of the molecule is N#C[C@@]12CC([N+](=O)[O-])=C(N)[C@]1(C#N)CC([N+](=O)[O-])=C2N. The number of nitriles is 2. The van der Waals surface area contributed by atoms with Gasteiger partial charge in [0.1, 0.15) is 22.2 Å². The van der Waals surface area contributed by atoms with E-state index in [1.807, 2.05) is 0 Å². The molecule has 20 heavy (non-hydrogen) atoms. The molecular weight excluding hydrogens is 268 g/mol. The van der Waals surface area contributed by atoms with Crippen LogP contribution in [-0.2, 0) is 0 Å². The van der Waals surface area contributed by atoms with E-state index in [-0.39, 0.29) is 0 Å². The predicted molar refractivity (Wildman–Crippen MR) is 61.7 cm³/mol. The largest absolute Gasteiger partial charge is 0.395 e. The lowest BCUT2D eigenvalue weighted by molar-refractivity contribution is -0.431. The second kappa shape index (κ2) is 3.68. The minimum Gasteiger partial charge on any atom is -0.395 e. The molecule has 0 spiro atoms. The van der Waals surface area contributed by atoms with Crippen molar-refractivity contribution in [3.63, 3.8) is 0 Å². The third-order valence-corrected chi connectivity index (χ3v) is 3.96. The third kappa shape index (κ3) is 1.15. The predicted octanol–water partition coefficient (Wildman–Crippen LogP) is -0.292. The molecule has 0 bridgehead atoms. The molecule has 0 aromatic rings. The van der Waals surface area contributed by atoms with E-state index in [4.69, 9.17) is 11.5 Å². The Morgan fingerprint density at radius 3 is 1.45 bits per heavy atom. The summed E-state index contributed by atoms with van der Waals surface area (Å²) in [6.07, 6.45) is -1.03. The first kappa shape index (κ1) is 13.3. The summed E-state index contributed by atoms with van der Waals surface area (Å²) in [6.45, 7) is 0. The number of allylic oxidation sites excluding steroid dienone is 4. The second-order valence-corrected chi connectivity index (χ2v) is 4.62. The highest BCUT2D eigenvalue weighted by atomic mass is 16.6. The minimum absolute atomic E-state index is 0.425. The zero-order valence-corrected chi connectivity index (χ0v) is 9.99. The molecule has 2 aliphatic rings. The van der Waals surface area contributed by atoms with Crippen molar-refractivity contribution in [3.8, 4) is 12.1 Å². The van der Waals surface area contributed by atoms with Crippen LogP contribution in [0, 0.1) is 53.7 Å². The van der Waals surface area contributed by atoms with Gasteiger partial charge in [0.25, 0.3) is 11.4 Å². The first-order valence-corrected chi connectivity index (χ1v) is 5.37. The molecule has 0 amide bonds. The van der Waals surface area contributed by atoms with Crippen LogP contribution < -0.4 is 11.5 Å². The van der Waals surface area contributed by atoms with Gasteiger partial charge in [-0.2, -0.15) is 10.5 Å². The topological polar surface area (TPSA) is 186 Å². The second-order valence-electron chi connectivity index (χ2n) is 4.62. The van der Waals surface area contributed by atoms with E-state index in [2.05, 4.69) is 0 Å². The highest BCUT2D eigenvalue weighted by Gasteiger charge is 2.71. The van der Waals surface area contributed by atoms with Crippen LogP contribution in [0.1, 0.15) is 12.8 Å². The highest BCUT2D eigenvalue weighted by Crippen LogP contribution is 2.64. The molecule has 0 aromatic heterocycles. The van der Waals surface area contributed by atoms with Gasteiger partial charge in [-0.25, -0.2) is 0 Å². The van der Waals surface area contributed by atoms with Gasteiger partial charge in [0, 0.05) is 0 Å². The fourth-order valence-corrected chi connectivity index (χ4v) is 2.85. The van der Waals surface area contributed by atoms with Crippen LogP contribution in [-0.4, -0.2) is 9.85 Å². The molecule has 0 fully saturated rings. The van der Waals surface area contributed by atoms with E-state index in [1.165, 1.54) is 0 Å². The van der Waals surface area contributed by atoms with E-state index >= 15 is 0 Å². The number of hydrogen-bond acceptors (Lipinski definition) is 8. The van der Waals surface area contributed by atoms with Crippen LogP contribution in [0.5, 0.6) is 0 Å². The van der Waals surface area contributed by atoms with E-state index in [9.17, 15) is 30.8 Å². The molecule has 10 heteroatoms. The molecule has 10 nitrogen and oxygen atoms in total. The van der Waals surface area contributed by atoms with Crippen molar-refractivity contribution in [2.45, 2.75) is 12.8 Å². The Bertz CT molecular complexity index is 636. The van der Waals surface area contributed by atoms with Crippen molar-refractivity contribution in [1.29, 1.82) is 10.5 Å². The van der Waals surface area contributed by atoms with Crippen molar-refractivity contribution in [2.75, 3.05) is 0 Å². The van der Waals surface area contributed by atoms with E-state index < -0.39 is 56.3 Å². The molecule has 0 aliphatic heterocycles. The Balaban J connectivity index is 2.76. The van der Waals surface area contributed by atoms with Crippen LogP contribution in [0.2, 0.25) is 0 Å². The smallest absolute Gasteiger partial charge is 0.268 e. The Morgan fingerprint density at radius 2 is 1.25 bits per heavy atom. The lowest BCUT2D eigenvalue weighted by Crippen LogP contribution is -2.39. The van der Waals surface area contributed by atoms with Crippen molar-refractivity contribution >= 4 is 0 Å². The van der Waals surface area contributed by atoms with Gasteiger partial charge < -0.3 is 11.5 Å². The average molecular weight is 276 g/mol. The summed E-state index contributed by atoms with van der Waals surface area (Å²) in [5, 5.41) is 40.6. The van der Waals surface area contributed by atoms with Gasteiger partial charge in [-0.15, -0.1) is 0 Å². The number of nitrogens with two attached hydrogens (primary N) is 2. The molecule has 0 saturated heterocycles. The zero-order valence-electron chi connectivity index (χ0n) is 9.99. The molecule has 0 radical (unpaired) electrons. The lowest BCUT2D eigenvalue weighted by atomic mass is 9.67. The molecule has 102 valence electrons. The summed E-state index contributed by atoms with van der Waals surface area (Å²) in [6, 6.07) is 3.49. The standard InChI is InChI=1S/C10H8N6O4/c11-3-9-1-5(15(17)18)7(13)10(9,4-12)2-6(8(9)14)16(19)20/h1-2,13-14H2/t9-,10-/m1/s1. The van der Waals surface area contributed by atoms with Gasteiger partial charge in [0.2, 0.25) is 0 Å². The summed E-state index contributed by atoms with van der Waals surface area (Å²) in [5.74, 6) is 0. The Hall–Kier alpha value is -3.14. The van der Waals surface area contributed by atoms with Crippen molar-refractivity contribution in [1.82, 2.24) is 0 Å². The van der Waals surface area contributed by atoms with Crippen molar-refractivity contribution in [2.24, 2.45) is 22.3 Å². The van der Waals surface area contributed by atoms with Gasteiger partial charge in [-0.3, -0.25) is 20.2 Å². The number of nitrogens with zero attached hydrogens (tertiary/aromatic N) is 4. The molecule has 2 atom stereocenters. The normalized spacial score (nSPS) is 31.7. The summed E-state index contributed by atoms with van der Waals surface area (Å²) >= 11 is 0. The van der Waals surface area contributed by atoms with E-state index in [1.54, 1.807) is 12.1 Å². The van der Waals surface area contributed by atoms with Crippen LogP contribution in [0.4, 0.5) is 0 Å². The summed E-state index contributed by atoms with van der Waals surface area (Å²) < 4.78 is 0. The molecule has 4 N–H and O–H groups in total. The zero-order chi connectivity index (χ0) is 15.3. The lowest BCUT2D eigenvalue weighted by Gasteiger charge is -2.28. The monoisotopic (exact) mass is 276 g/mol. The maximum absolute atomic E-state index is 10.9. The van der Waals surface area contributed by atoms with Crippen LogP contribution >= 0.6 is 0 Å². The number of rotatable bonds is 2. The molecule has 0 aromatic carbocycles. The Kier molecular flexibility index (Phi) is 2.44. The molecule has 0 unspecified atom stereocenters. The Labute approximate surface area is 111 Å². The van der Waals surface area contributed by atoms with E-state index in [0.29, 0.717) is 0 Å². The maximum Gasteiger partial charge on any atom is 0.268 e. The minimum atomic E-state index is -1.85. The molecular formula is C10H8N6O4. The third-order valence-electron chi connectivity index (χ3n) is 3.96. The average Bonchev–Trinajstić information content (AvgIpc) is 2.80. The summed E-state index contributed by atoms with van der Waals surface area (Å²) in [5.41, 5.74) is 5.79. The van der Waals surface area contributed by atoms with Gasteiger partial charge in [-0.1, -0.05) is 0 Å². The van der Waals surface area contributed by atoms with Crippen molar-refractivity contribution < 1.29 is 9.85 Å². The number of nitro groups is 2. The fraction of sp³-hybridized carbons (Fsp3) is 0.400. The molecule has 2 aliphatic carbocycles. The molecule has 2 rings (SSSR count). The van der Waals surface area contributed by atoms with E-state index in [0.717, 1.165) is 0 Å². The fourth-order valence-electron chi connectivity index (χ4n) is 2.85. The quantitative estimate of drug-likeness (QED) is 0.508. The van der Waals surface area contributed by atoms with Crippen molar-refractivity contribution in [3.05, 3.63) is 43.0 Å². The highest BCUT2D eigenvalue weighted by molar-refractivity contribution is 5.52. The van der Waals surface area contributed by atoms with Gasteiger partial charge in [0.05, 0.1) is 34.8 Å². The molecule has 0 heterocycles. The van der Waals surface area contributed by atoms with Crippen LogP contribution in [0.15, 0.2) is 22.8 Å².